The molecule has 4 saturated heterocycles. The van der Waals surface area contributed by atoms with Crippen molar-refractivity contribution in [2.45, 2.75) is 52.0 Å². The van der Waals surface area contributed by atoms with Crippen LogP contribution in [-0.2, 0) is 28.8 Å². The van der Waals surface area contributed by atoms with E-state index in [4.69, 9.17) is 0 Å². The summed E-state index contributed by atoms with van der Waals surface area (Å²) in [4.78, 5) is 86.4. The Morgan fingerprint density at radius 1 is 0.542 bits per heavy atom. The number of carbonyl (C=O) groups is 6. The third-order valence-corrected chi connectivity index (χ3v) is 8.71. The second-order valence-electron chi connectivity index (χ2n) is 12.0. The average Bonchev–Trinajstić information content (AvgIpc) is 3.30. The van der Waals surface area contributed by atoms with Gasteiger partial charge in [0, 0.05) is 51.4 Å². The lowest BCUT2D eigenvalue weighted by atomic mass is 9.83. The van der Waals surface area contributed by atoms with Crippen molar-refractivity contribution in [3.63, 3.8) is 0 Å². The molecule has 258 valence electrons. The number of carbonyl (C=O) groups excluding carboxylic acids is 6. The summed E-state index contributed by atoms with van der Waals surface area (Å²) in [5, 5.41) is 41.0. The SMILES string of the molecule is CB(O)N1NC(=O)C1N(CCN(CCN1C(=O)C=CC1=O)CCN(C1C(=O)NN1B(C)O)C1C(=O)NN1B(C)O)C1C(=O)NN1B(C)O. The molecule has 26 heteroatoms. The van der Waals surface area contributed by atoms with Crippen LogP contribution in [0.4, 0.5) is 0 Å². The highest BCUT2D eigenvalue weighted by molar-refractivity contribution is 6.48. The smallest absolute Gasteiger partial charge is 0.397 e. The predicted molar refractivity (Wildman–Crippen MR) is 166 cm³/mol. The number of rotatable bonds is 17. The van der Waals surface area contributed by atoms with Crippen molar-refractivity contribution in [3.8, 4) is 0 Å². The molecule has 5 aliphatic rings. The van der Waals surface area contributed by atoms with Gasteiger partial charge in [0.1, 0.15) is 0 Å². The fourth-order valence-corrected chi connectivity index (χ4v) is 6.16. The van der Waals surface area contributed by atoms with Crippen molar-refractivity contribution >= 4 is 63.6 Å². The van der Waals surface area contributed by atoms with E-state index in [1.807, 2.05) is 0 Å². The van der Waals surface area contributed by atoms with E-state index in [2.05, 4.69) is 21.7 Å². The normalized spacial score (nSPS) is 26.2. The first-order valence-electron chi connectivity index (χ1n) is 15.5. The van der Waals surface area contributed by atoms with E-state index in [0.717, 1.165) is 17.1 Å². The summed E-state index contributed by atoms with van der Waals surface area (Å²) in [6.07, 6.45) is -2.08. The van der Waals surface area contributed by atoms with Crippen LogP contribution in [0.25, 0.3) is 0 Å². The van der Waals surface area contributed by atoms with Crippen LogP contribution in [-0.4, -0.2) is 187 Å². The Bertz CT molecular complexity index is 1200. The van der Waals surface area contributed by atoms with Crippen molar-refractivity contribution in [3.05, 3.63) is 12.2 Å². The maximum Gasteiger partial charge on any atom is 0.397 e. The quantitative estimate of drug-likeness (QED) is 0.0527. The van der Waals surface area contributed by atoms with Crippen molar-refractivity contribution in [2.24, 2.45) is 0 Å². The minimum absolute atomic E-state index is 0.00379. The summed E-state index contributed by atoms with van der Waals surface area (Å²) in [7, 11) is -4.50. The summed E-state index contributed by atoms with van der Waals surface area (Å²) < 4.78 is 0. The van der Waals surface area contributed by atoms with Gasteiger partial charge in [-0.2, -0.15) is 0 Å². The van der Waals surface area contributed by atoms with E-state index < -0.39 is 88.3 Å². The van der Waals surface area contributed by atoms with E-state index in [1.54, 1.807) is 4.90 Å². The molecule has 0 bridgehead atoms. The Kier molecular flexibility index (Phi) is 10.6. The van der Waals surface area contributed by atoms with Crippen LogP contribution in [0.5, 0.6) is 0 Å². The van der Waals surface area contributed by atoms with Gasteiger partial charge in [-0.25, -0.2) is 19.7 Å². The molecule has 48 heavy (non-hydrogen) atoms. The lowest BCUT2D eigenvalue weighted by molar-refractivity contribution is -0.178. The zero-order chi connectivity index (χ0) is 35.2. The molecule has 0 aromatic heterocycles. The zero-order valence-corrected chi connectivity index (χ0v) is 26.8. The highest BCUT2D eigenvalue weighted by atomic mass is 16.3. The number of nitrogens with zero attached hydrogens (tertiary/aromatic N) is 8. The van der Waals surface area contributed by atoms with Crippen molar-refractivity contribution in [1.82, 2.24) is 61.0 Å². The van der Waals surface area contributed by atoms with Gasteiger partial charge in [0.05, 0.1) is 0 Å². The lowest BCUT2D eigenvalue weighted by Crippen LogP contribution is -2.84. The molecule has 5 heterocycles. The Balaban J connectivity index is 1.39. The molecule has 0 radical (unpaired) electrons. The minimum Gasteiger partial charge on any atom is -0.436 e. The first kappa shape index (κ1) is 35.9. The van der Waals surface area contributed by atoms with Gasteiger partial charge in [0.2, 0.25) is 0 Å². The standard InChI is InChI=1S/C22H38B4N12O10/c1-23(45)35-19(15(41)27-35)33(20-16(42)28-36(20)24(2)46)11-8-31(7-10-32-13(39)5-6-14(32)40)9-12-34(21-17(43)29-37(21)25(3)47)22-18(44)30-38(22)26(4)48/h5-6,19-22,45-48H,7-12H2,1-4H3,(H,27,41)(H,28,42)(H,29,43)(H,30,44). The molecule has 5 rings (SSSR count). The molecule has 4 atom stereocenters. The molecule has 22 nitrogen and oxygen atoms in total. The first-order valence-corrected chi connectivity index (χ1v) is 15.5. The summed E-state index contributed by atoms with van der Waals surface area (Å²) in [6.45, 7) is 5.96. The maximum atomic E-state index is 12.8. The van der Waals surface area contributed by atoms with Gasteiger partial charge in [-0.3, -0.25) is 70.1 Å². The number of hydrogen-bond donors (Lipinski definition) is 8. The van der Waals surface area contributed by atoms with E-state index in [9.17, 15) is 48.9 Å². The van der Waals surface area contributed by atoms with Gasteiger partial charge >= 0.3 is 28.2 Å². The highest BCUT2D eigenvalue weighted by Gasteiger charge is 2.56. The molecule has 4 unspecified atom stereocenters. The van der Waals surface area contributed by atoms with E-state index in [-0.39, 0.29) is 39.3 Å². The number of imide groups is 1. The van der Waals surface area contributed by atoms with Crippen molar-refractivity contribution in [1.29, 1.82) is 0 Å². The zero-order valence-electron chi connectivity index (χ0n) is 26.8. The van der Waals surface area contributed by atoms with Crippen LogP contribution in [0.1, 0.15) is 0 Å². The molecule has 0 aromatic carbocycles. The van der Waals surface area contributed by atoms with E-state index in [0.29, 0.717) is 0 Å². The van der Waals surface area contributed by atoms with E-state index in [1.165, 1.54) is 56.8 Å². The molecule has 6 amide bonds. The summed E-state index contributed by atoms with van der Waals surface area (Å²) >= 11 is 0. The summed E-state index contributed by atoms with van der Waals surface area (Å²) in [5.41, 5.74) is 9.90. The predicted octanol–water partition coefficient (Wildman–Crippen LogP) is -8.05. The molecule has 0 aromatic rings. The van der Waals surface area contributed by atoms with Crippen LogP contribution >= 0.6 is 0 Å². The average molecular weight is 674 g/mol. The molecule has 5 aliphatic heterocycles. The van der Waals surface area contributed by atoms with Crippen molar-refractivity contribution in [2.75, 3.05) is 39.3 Å². The van der Waals surface area contributed by atoms with Gasteiger partial charge in [0.25, 0.3) is 35.4 Å². The molecule has 4 fully saturated rings. The topological polar surface area (TPSA) is 257 Å². The molecular weight excluding hydrogens is 636 g/mol. The third kappa shape index (κ3) is 6.73. The molecule has 0 spiro atoms. The van der Waals surface area contributed by atoms with Gasteiger partial charge in [-0.1, -0.05) is 0 Å². The largest absolute Gasteiger partial charge is 0.436 e. The van der Waals surface area contributed by atoms with Gasteiger partial charge in [-0.15, -0.1) is 0 Å². The maximum absolute atomic E-state index is 12.8. The highest BCUT2D eigenvalue weighted by Crippen LogP contribution is 2.25. The molecule has 8 N–H and O–H groups in total. The second kappa shape index (κ2) is 14.2. The minimum atomic E-state index is -1.13. The summed E-state index contributed by atoms with van der Waals surface area (Å²) in [5.74, 6) is -3.00. The number of hydrogen-bond acceptors (Lipinski definition) is 17. The molecule has 0 saturated carbocycles. The van der Waals surface area contributed by atoms with Crippen LogP contribution in [0, 0.1) is 0 Å². The Hall–Kier alpha value is -3.42. The first-order chi connectivity index (χ1) is 22.6. The number of amides is 6. The third-order valence-electron chi connectivity index (χ3n) is 8.71. The van der Waals surface area contributed by atoms with Gasteiger partial charge < -0.3 is 20.1 Å². The fraction of sp³-hybridized carbons (Fsp3) is 0.636. The Labute approximate surface area is 277 Å². The van der Waals surface area contributed by atoms with Gasteiger partial charge in [0.15, 0.2) is 24.7 Å². The van der Waals surface area contributed by atoms with Crippen molar-refractivity contribution < 1.29 is 48.9 Å². The van der Waals surface area contributed by atoms with E-state index >= 15 is 0 Å². The van der Waals surface area contributed by atoms with Crippen LogP contribution in [0.3, 0.4) is 0 Å². The Morgan fingerprint density at radius 3 is 1.08 bits per heavy atom. The monoisotopic (exact) mass is 674 g/mol. The van der Waals surface area contributed by atoms with Crippen LogP contribution < -0.4 is 21.7 Å². The summed E-state index contributed by atoms with van der Waals surface area (Å²) in [6, 6.07) is 0. The van der Waals surface area contributed by atoms with Crippen LogP contribution in [0.15, 0.2) is 12.2 Å². The van der Waals surface area contributed by atoms with Gasteiger partial charge in [-0.05, 0) is 27.3 Å². The number of nitrogens with one attached hydrogen (secondary N) is 4. The fourth-order valence-electron chi connectivity index (χ4n) is 6.16. The molecule has 0 aliphatic carbocycles. The Morgan fingerprint density at radius 2 is 0.833 bits per heavy atom. The number of hydrazine groups is 4. The lowest BCUT2D eigenvalue weighted by Gasteiger charge is -2.55. The van der Waals surface area contributed by atoms with Crippen LogP contribution in [0.2, 0.25) is 27.3 Å². The molecular formula is C22H38B4N12O10. The second-order valence-corrected chi connectivity index (χ2v) is 12.0.